The molecule has 2 aliphatic heterocycles. The number of nitrogens with one attached hydrogen (secondary N) is 1. The quantitative estimate of drug-likeness (QED) is 0.902. The van der Waals surface area contributed by atoms with Crippen molar-refractivity contribution >= 4 is 5.95 Å². The van der Waals surface area contributed by atoms with E-state index in [1.807, 2.05) is 6.20 Å². The van der Waals surface area contributed by atoms with E-state index < -0.39 is 0 Å². The number of ether oxygens (including phenoxy) is 2. The Labute approximate surface area is 140 Å². The molecule has 24 heavy (non-hydrogen) atoms. The van der Waals surface area contributed by atoms with Crippen molar-refractivity contribution in [2.75, 3.05) is 25.1 Å². The van der Waals surface area contributed by atoms with Crippen LogP contribution in [0.15, 0.2) is 24.8 Å². The molecule has 2 atom stereocenters. The van der Waals surface area contributed by atoms with Crippen LogP contribution in [-0.2, 0) is 9.47 Å². The highest BCUT2D eigenvalue weighted by molar-refractivity contribution is 5.61. The third-order valence-corrected chi connectivity index (χ3v) is 4.40. The first-order valence-corrected chi connectivity index (χ1v) is 8.50. The van der Waals surface area contributed by atoms with Crippen molar-refractivity contribution in [3.05, 3.63) is 30.5 Å². The molecule has 0 spiro atoms. The lowest BCUT2D eigenvalue weighted by atomic mass is 10.1. The van der Waals surface area contributed by atoms with Gasteiger partial charge >= 0.3 is 0 Å². The van der Waals surface area contributed by atoms with Crippen LogP contribution in [-0.4, -0.2) is 45.8 Å². The second-order valence-corrected chi connectivity index (χ2v) is 6.10. The summed E-state index contributed by atoms with van der Waals surface area (Å²) in [5, 5.41) is 3.29. The van der Waals surface area contributed by atoms with Gasteiger partial charge in [0.05, 0.1) is 23.7 Å². The van der Waals surface area contributed by atoms with Gasteiger partial charge in [0, 0.05) is 43.9 Å². The third kappa shape index (κ3) is 3.37. The van der Waals surface area contributed by atoms with Crippen molar-refractivity contribution in [2.24, 2.45) is 0 Å². The lowest BCUT2D eigenvalue weighted by Crippen LogP contribution is -2.20. The van der Waals surface area contributed by atoms with Gasteiger partial charge in [-0.1, -0.05) is 0 Å². The summed E-state index contributed by atoms with van der Waals surface area (Å²) in [6, 6.07) is 0. The number of hydrogen-bond donors (Lipinski definition) is 1. The average Bonchev–Trinajstić information content (AvgIpc) is 3.34. The molecule has 0 aliphatic carbocycles. The Balaban J connectivity index is 1.59. The van der Waals surface area contributed by atoms with Crippen molar-refractivity contribution in [1.82, 2.24) is 19.9 Å². The molecule has 0 saturated carbocycles. The molecule has 2 aromatic rings. The highest BCUT2D eigenvalue weighted by Gasteiger charge is 2.24. The van der Waals surface area contributed by atoms with E-state index in [0.717, 1.165) is 62.4 Å². The van der Waals surface area contributed by atoms with E-state index in [2.05, 4.69) is 20.3 Å². The zero-order valence-corrected chi connectivity index (χ0v) is 13.5. The summed E-state index contributed by atoms with van der Waals surface area (Å²) >= 11 is 0. The summed E-state index contributed by atoms with van der Waals surface area (Å²) < 4.78 is 11.5. The van der Waals surface area contributed by atoms with E-state index in [0.29, 0.717) is 5.95 Å². The third-order valence-electron chi connectivity index (χ3n) is 4.40. The van der Waals surface area contributed by atoms with Crippen molar-refractivity contribution in [2.45, 2.75) is 37.9 Å². The molecule has 2 aromatic heterocycles. The Bertz CT molecular complexity index is 670. The number of nitrogens with zero attached hydrogens (tertiary/aromatic N) is 4. The topological polar surface area (TPSA) is 82.1 Å². The van der Waals surface area contributed by atoms with Crippen LogP contribution in [0.5, 0.6) is 0 Å². The van der Waals surface area contributed by atoms with Gasteiger partial charge in [-0.05, 0) is 25.7 Å². The van der Waals surface area contributed by atoms with E-state index in [1.54, 1.807) is 18.6 Å². The molecule has 0 unspecified atom stereocenters. The fourth-order valence-electron chi connectivity index (χ4n) is 3.16. The van der Waals surface area contributed by atoms with Gasteiger partial charge in [-0.25, -0.2) is 9.97 Å². The molecule has 2 fully saturated rings. The number of anilines is 1. The minimum absolute atomic E-state index is 0.00622. The first kappa shape index (κ1) is 15.4. The van der Waals surface area contributed by atoms with Gasteiger partial charge in [0.1, 0.15) is 6.10 Å². The first-order chi connectivity index (χ1) is 11.9. The summed E-state index contributed by atoms with van der Waals surface area (Å²) in [6.07, 6.45) is 11.4. The Morgan fingerprint density at radius 3 is 2.71 bits per heavy atom. The highest BCUT2D eigenvalue weighted by atomic mass is 16.5. The minimum atomic E-state index is -0.00622. The van der Waals surface area contributed by atoms with Crippen LogP contribution < -0.4 is 5.32 Å². The van der Waals surface area contributed by atoms with Crippen LogP contribution >= 0.6 is 0 Å². The molecule has 0 bridgehead atoms. The predicted octanol–water partition coefficient (Wildman–Crippen LogP) is 2.38. The van der Waals surface area contributed by atoms with Gasteiger partial charge in [0.25, 0.3) is 0 Å². The van der Waals surface area contributed by atoms with Crippen LogP contribution in [0.3, 0.4) is 0 Å². The summed E-state index contributed by atoms with van der Waals surface area (Å²) in [6.45, 7) is 2.35. The van der Waals surface area contributed by atoms with Crippen LogP contribution in [0.2, 0.25) is 0 Å². The van der Waals surface area contributed by atoms with E-state index in [4.69, 9.17) is 14.5 Å². The highest BCUT2D eigenvalue weighted by Crippen LogP contribution is 2.33. The van der Waals surface area contributed by atoms with Gasteiger partial charge in [-0.3, -0.25) is 9.97 Å². The summed E-state index contributed by atoms with van der Waals surface area (Å²) in [5.41, 5.74) is 2.55. The van der Waals surface area contributed by atoms with Crippen molar-refractivity contribution in [3.63, 3.8) is 0 Å². The molecule has 2 saturated heterocycles. The maximum atomic E-state index is 5.84. The van der Waals surface area contributed by atoms with Crippen LogP contribution in [0.25, 0.3) is 11.3 Å². The molecule has 0 radical (unpaired) electrons. The van der Waals surface area contributed by atoms with Crippen LogP contribution in [0, 0.1) is 0 Å². The normalized spacial score (nSPS) is 23.5. The standard InChI is InChI=1S/C17H21N5O2/c1-3-12(23-7-1)9-20-17-21-10-13(14-11-18-5-6-19-14)16(22-17)15-4-2-8-24-15/h5-6,10-12,15H,1-4,7-9H2,(H,20,21,22)/t12-,15-/m1/s1. The van der Waals surface area contributed by atoms with Crippen molar-refractivity contribution in [1.29, 1.82) is 0 Å². The maximum absolute atomic E-state index is 5.84. The lowest BCUT2D eigenvalue weighted by Gasteiger charge is -2.16. The zero-order valence-electron chi connectivity index (χ0n) is 13.5. The van der Waals surface area contributed by atoms with Gasteiger partial charge in [-0.2, -0.15) is 0 Å². The molecule has 2 aliphatic rings. The van der Waals surface area contributed by atoms with E-state index in [1.165, 1.54) is 0 Å². The monoisotopic (exact) mass is 327 g/mol. The van der Waals surface area contributed by atoms with Crippen LogP contribution in [0.4, 0.5) is 5.95 Å². The van der Waals surface area contributed by atoms with E-state index in [9.17, 15) is 0 Å². The predicted molar refractivity (Wildman–Crippen MR) is 88.4 cm³/mol. The second-order valence-electron chi connectivity index (χ2n) is 6.10. The molecule has 0 aromatic carbocycles. The summed E-state index contributed by atoms with van der Waals surface area (Å²) in [4.78, 5) is 17.7. The second kappa shape index (κ2) is 7.19. The first-order valence-electron chi connectivity index (χ1n) is 8.50. The van der Waals surface area contributed by atoms with Gasteiger partial charge in [0.15, 0.2) is 0 Å². The average molecular weight is 327 g/mol. The summed E-state index contributed by atoms with van der Waals surface area (Å²) in [5.74, 6) is 0.614. The Hall–Kier alpha value is -2.12. The number of aromatic nitrogens is 4. The Morgan fingerprint density at radius 1 is 1.04 bits per heavy atom. The fraction of sp³-hybridized carbons (Fsp3) is 0.529. The SMILES string of the molecule is c1cnc(-c2cnc(NC[C@H]3CCCO3)nc2[C@H]2CCCO2)cn1. The molecule has 7 nitrogen and oxygen atoms in total. The van der Waals surface area contributed by atoms with Crippen LogP contribution in [0.1, 0.15) is 37.5 Å². The molecule has 4 rings (SSSR count). The smallest absolute Gasteiger partial charge is 0.223 e. The Kier molecular flexibility index (Phi) is 4.62. The lowest BCUT2D eigenvalue weighted by molar-refractivity contribution is 0.109. The molecule has 7 heteroatoms. The number of rotatable bonds is 5. The molecule has 1 N–H and O–H groups in total. The Morgan fingerprint density at radius 2 is 1.96 bits per heavy atom. The van der Waals surface area contributed by atoms with Crippen molar-refractivity contribution < 1.29 is 9.47 Å². The van der Waals surface area contributed by atoms with Gasteiger partial charge in [-0.15, -0.1) is 0 Å². The summed E-state index contributed by atoms with van der Waals surface area (Å²) in [7, 11) is 0. The zero-order chi connectivity index (χ0) is 16.2. The van der Waals surface area contributed by atoms with Crippen molar-refractivity contribution in [3.8, 4) is 11.3 Å². The van der Waals surface area contributed by atoms with Gasteiger partial charge in [0.2, 0.25) is 5.95 Å². The fourth-order valence-corrected chi connectivity index (χ4v) is 3.16. The molecule has 4 heterocycles. The van der Waals surface area contributed by atoms with Gasteiger partial charge < -0.3 is 14.8 Å². The number of hydrogen-bond acceptors (Lipinski definition) is 7. The molecule has 126 valence electrons. The molecular formula is C17H21N5O2. The molecular weight excluding hydrogens is 306 g/mol. The largest absolute Gasteiger partial charge is 0.376 e. The van der Waals surface area contributed by atoms with E-state index in [-0.39, 0.29) is 12.2 Å². The molecule has 0 amide bonds. The minimum Gasteiger partial charge on any atom is -0.376 e. The maximum Gasteiger partial charge on any atom is 0.223 e. The van der Waals surface area contributed by atoms with E-state index >= 15 is 0 Å².